The molecule has 0 saturated carbocycles. The molecule has 3 rings (SSSR count). The fraction of sp³-hybridized carbons (Fsp3) is 0.105. The van der Waals surface area contributed by atoms with E-state index in [0.29, 0.717) is 23.6 Å². The first-order chi connectivity index (χ1) is 12.2. The monoisotopic (exact) mass is 352 g/mol. The highest BCUT2D eigenvalue weighted by molar-refractivity contribution is 7.13. The highest BCUT2D eigenvalue weighted by Crippen LogP contribution is 2.23. The van der Waals surface area contributed by atoms with Crippen molar-refractivity contribution >= 4 is 28.9 Å². The van der Waals surface area contributed by atoms with Gasteiger partial charge in [0, 0.05) is 16.6 Å². The summed E-state index contributed by atoms with van der Waals surface area (Å²) in [5.41, 5.74) is 2.37. The molecule has 0 spiro atoms. The Balaban J connectivity index is 1.68. The molecular weight excluding hydrogens is 336 g/mol. The van der Waals surface area contributed by atoms with E-state index in [-0.39, 0.29) is 11.9 Å². The fourth-order valence-corrected chi connectivity index (χ4v) is 3.00. The van der Waals surface area contributed by atoms with Gasteiger partial charge in [-0.2, -0.15) is 0 Å². The van der Waals surface area contributed by atoms with Crippen molar-refractivity contribution in [2.75, 3.05) is 11.9 Å². The van der Waals surface area contributed by atoms with E-state index in [0.717, 1.165) is 10.6 Å². The number of carbonyl (C=O) groups is 2. The lowest BCUT2D eigenvalue weighted by molar-refractivity contribution is 0.0526. The summed E-state index contributed by atoms with van der Waals surface area (Å²) < 4.78 is 4.93. The largest absolute Gasteiger partial charge is 0.462 e. The van der Waals surface area contributed by atoms with Crippen LogP contribution in [0.5, 0.6) is 0 Å². The molecule has 126 valence electrons. The molecule has 2 aromatic carbocycles. The average molecular weight is 352 g/mol. The fourth-order valence-electron chi connectivity index (χ4n) is 2.19. The second-order valence-corrected chi connectivity index (χ2v) is 6.01. The Bertz CT molecular complexity index is 873. The number of hydrogen-bond acceptors (Lipinski definition) is 5. The predicted octanol–water partition coefficient (Wildman–Crippen LogP) is 4.24. The van der Waals surface area contributed by atoms with Gasteiger partial charge < -0.3 is 10.1 Å². The summed E-state index contributed by atoms with van der Waals surface area (Å²) in [6.45, 7) is 2.08. The number of ether oxygens (including phenoxy) is 1. The molecule has 0 atom stereocenters. The Morgan fingerprint density at radius 2 is 1.80 bits per heavy atom. The summed E-state index contributed by atoms with van der Waals surface area (Å²) in [4.78, 5) is 28.3. The van der Waals surface area contributed by atoms with Gasteiger partial charge in [0.05, 0.1) is 12.2 Å². The van der Waals surface area contributed by atoms with E-state index in [9.17, 15) is 9.59 Å². The Morgan fingerprint density at radius 3 is 2.48 bits per heavy atom. The molecule has 0 unspecified atom stereocenters. The molecule has 1 N–H and O–H groups in total. The van der Waals surface area contributed by atoms with E-state index < -0.39 is 0 Å². The minimum absolute atomic E-state index is 0.290. The Labute approximate surface area is 149 Å². The zero-order valence-electron chi connectivity index (χ0n) is 13.6. The van der Waals surface area contributed by atoms with E-state index in [1.165, 1.54) is 11.3 Å². The molecule has 5 nitrogen and oxygen atoms in total. The zero-order chi connectivity index (χ0) is 17.6. The molecule has 3 aromatic rings. The van der Waals surface area contributed by atoms with Crippen molar-refractivity contribution in [1.29, 1.82) is 0 Å². The van der Waals surface area contributed by atoms with Crippen molar-refractivity contribution in [3.8, 4) is 10.6 Å². The summed E-state index contributed by atoms with van der Waals surface area (Å²) in [6.07, 6.45) is 0. The molecule has 0 aliphatic rings. The maximum atomic E-state index is 12.3. The van der Waals surface area contributed by atoms with Gasteiger partial charge in [-0.3, -0.25) is 4.79 Å². The van der Waals surface area contributed by atoms with Crippen molar-refractivity contribution in [1.82, 2.24) is 4.98 Å². The lowest BCUT2D eigenvalue weighted by Gasteiger charge is -2.05. The normalized spacial score (nSPS) is 10.3. The van der Waals surface area contributed by atoms with E-state index in [4.69, 9.17) is 4.74 Å². The van der Waals surface area contributed by atoms with Crippen molar-refractivity contribution in [3.63, 3.8) is 0 Å². The van der Waals surface area contributed by atoms with Crippen LogP contribution in [0, 0.1) is 0 Å². The molecule has 0 saturated heterocycles. The first-order valence-corrected chi connectivity index (χ1v) is 8.65. The number of anilines is 1. The molecule has 6 heteroatoms. The van der Waals surface area contributed by atoms with Gasteiger partial charge in [-0.15, -0.1) is 11.3 Å². The summed E-state index contributed by atoms with van der Waals surface area (Å²) in [7, 11) is 0. The summed E-state index contributed by atoms with van der Waals surface area (Å²) in [5.74, 6) is -0.672. The van der Waals surface area contributed by atoms with Crippen LogP contribution in [0.2, 0.25) is 0 Å². The van der Waals surface area contributed by atoms with Crippen LogP contribution >= 0.6 is 11.3 Å². The minimum Gasteiger partial charge on any atom is -0.462 e. The second-order valence-electron chi connectivity index (χ2n) is 5.16. The SMILES string of the molecule is CCOC(=O)c1ccc(NC(=O)c2csc(-c3ccccc3)n2)cc1. The van der Waals surface area contributed by atoms with Crippen LogP contribution in [-0.2, 0) is 4.74 Å². The topological polar surface area (TPSA) is 68.3 Å². The van der Waals surface area contributed by atoms with E-state index >= 15 is 0 Å². The van der Waals surface area contributed by atoms with Crippen molar-refractivity contribution in [2.24, 2.45) is 0 Å². The number of hydrogen-bond donors (Lipinski definition) is 1. The number of nitrogens with one attached hydrogen (secondary N) is 1. The summed E-state index contributed by atoms with van der Waals surface area (Å²) in [5, 5.41) is 5.30. The molecular formula is C19H16N2O3S. The zero-order valence-corrected chi connectivity index (χ0v) is 14.4. The van der Waals surface area contributed by atoms with Gasteiger partial charge in [-0.25, -0.2) is 9.78 Å². The first kappa shape index (κ1) is 16.9. The van der Waals surface area contributed by atoms with E-state index in [1.807, 2.05) is 30.3 Å². The van der Waals surface area contributed by atoms with Crippen LogP contribution in [-0.4, -0.2) is 23.5 Å². The van der Waals surface area contributed by atoms with Crippen molar-refractivity contribution in [3.05, 3.63) is 71.2 Å². The molecule has 25 heavy (non-hydrogen) atoms. The van der Waals surface area contributed by atoms with E-state index in [1.54, 1.807) is 36.6 Å². The Hall–Kier alpha value is -2.99. The Morgan fingerprint density at radius 1 is 1.08 bits per heavy atom. The van der Waals surface area contributed by atoms with Crippen LogP contribution in [0.1, 0.15) is 27.8 Å². The smallest absolute Gasteiger partial charge is 0.338 e. The molecule has 0 aliphatic heterocycles. The number of benzene rings is 2. The first-order valence-electron chi connectivity index (χ1n) is 7.77. The third-order valence-electron chi connectivity index (χ3n) is 3.41. The van der Waals surface area contributed by atoms with Gasteiger partial charge in [-0.05, 0) is 31.2 Å². The standard InChI is InChI=1S/C19H16N2O3S/c1-2-24-19(23)14-8-10-15(11-9-14)20-17(22)16-12-25-18(21-16)13-6-4-3-5-7-13/h3-12H,2H2,1H3,(H,20,22). The molecule has 0 aliphatic carbocycles. The molecule has 1 heterocycles. The van der Waals surface area contributed by atoms with Crippen LogP contribution in [0.4, 0.5) is 5.69 Å². The number of esters is 1. The van der Waals surface area contributed by atoms with Crippen LogP contribution in [0.3, 0.4) is 0 Å². The number of aromatic nitrogens is 1. The Kier molecular flexibility index (Phi) is 5.20. The quantitative estimate of drug-likeness (QED) is 0.698. The number of nitrogens with zero attached hydrogens (tertiary/aromatic N) is 1. The molecule has 1 amide bonds. The highest BCUT2D eigenvalue weighted by Gasteiger charge is 2.13. The summed E-state index contributed by atoms with van der Waals surface area (Å²) in [6, 6.07) is 16.3. The lowest BCUT2D eigenvalue weighted by atomic mass is 10.2. The maximum absolute atomic E-state index is 12.3. The van der Waals surface area contributed by atoms with Gasteiger partial charge in [-0.1, -0.05) is 30.3 Å². The average Bonchev–Trinajstić information content (AvgIpc) is 3.13. The van der Waals surface area contributed by atoms with Gasteiger partial charge in [0.2, 0.25) is 0 Å². The predicted molar refractivity (Wildman–Crippen MR) is 97.9 cm³/mol. The molecule has 1 aromatic heterocycles. The highest BCUT2D eigenvalue weighted by atomic mass is 32.1. The maximum Gasteiger partial charge on any atom is 0.338 e. The molecule has 0 bridgehead atoms. The summed E-state index contributed by atoms with van der Waals surface area (Å²) >= 11 is 1.42. The third kappa shape index (κ3) is 4.10. The minimum atomic E-state index is -0.382. The van der Waals surface area contributed by atoms with Gasteiger partial charge in [0.25, 0.3) is 5.91 Å². The second kappa shape index (κ2) is 7.72. The van der Waals surface area contributed by atoms with Crippen LogP contribution in [0.15, 0.2) is 60.0 Å². The van der Waals surface area contributed by atoms with Crippen LogP contribution in [0.25, 0.3) is 10.6 Å². The lowest BCUT2D eigenvalue weighted by Crippen LogP contribution is -2.12. The van der Waals surface area contributed by atoms with E-state index in [2.05, 4.69) is 10.3 Å². The number of rotatable bonds is 5. The third-order valence-corrected chi connectivity index (χ3v) is 4.30. The molecule has 0 radical (unpaired) electrons. The van der Waals surface area contributed by atoms with Crippen LogP contribution < -0.4 is 5.32 Å². The van der Waals surface area contributed by atoms with Crippen molar-refractivity contribution in [2.45, 2.75) is 6.92 Å². The van der Waals surface area contributed by atoms with Gasteiger partial charge >= 0.3 is 5.97 Å². The number of amides is 1. The van der Waals surface area contributed by atoms with Gasteiger partial charge in [0.15, 0.2) is 0 Å². The number of carbonyl (C=O) groups excluding carboxylic acids is 2. The van der Waals surface area contributed by atoms with Gasteiger partial charge in [0.1, 0.15) is 10.7 Å². The molecule has 0 fully saturated rings. The number of thiazole rings is 1. The van der Waals surface area contributed by atoms with Crippen molar-refractivity contribution < 1.29 is 14.3 Å².